The summed E-state index contributed by atoms with van der Waals surface area (Å²) in [5.74, 6) is -3.50. The number of thiazole rings is 1. The quantitative estimate of drug-likeness (QED) is 0.173. The van der Waals surface area contributed by atoms with Crippen molar-refractivity contribution in [1.82, 2.24) is 4.57 Å². The van der Waals surface area contributed by atoms with Crippen LogP contribution in [0.15, 0.2) is 88.7 Å². The zero-order valence-electron chi connectivity index (χ0n) is 22.2. The Morgan fingerprint density at radius 1 is 0.955 bits per heavy atom. The number of thioether (sulfide) groups is 1. The average Bonchev–Trinajstić information content (AvgIpc) is 3.43. The first-order valence-corrected chi connectivity index (χ1v) is 14.7. The molecule has 3 aromatic carbocycles. The first-order valence-electron chi connectivity index (χ1n) is 13.0. The van der Waals surface area contributed by atoms with Crippen LogP contribution in [0.1, 0.15) is 21.9 Å². The van der Waals surface area contributed by atoms with Crippen LogP contribution in [0.5, 0.6) is 0 Å². The highest BCUT2D eigenvalue weighted by Gasteiger charge is 2.56. The highest BCUT2D eigenvalue weighted by Crippen LogP contribution is 2.53. The lowest BCUT2D eigenvalue weighted by atomic mass is 9.83. The summed E-state index contributed by atoms with van der Waals surface area (Å²) in [5.41, 5.74) is -0.440. The monoisotopic (exact) mass is 640 g/mol. The van der Waals surface area contributed by atoms with Crippen LogP contribution in [0, 0.1) is 16.0 Å². The van der Waals surface area contributed by atoms with E-state index in [1.165, 1.54) is 30.3 Å². The minimum absolute atomic E-state index is 0.104. The van der Waals surface area contributed by atoms with Gasteiger partial charge in [0.15, 0.2) is 0 Å². The number of amides is 3. The number of alkyl halides is 3. The molecule has 0 radical (unpaired) electrons. The van der Waals surface area contributed by atoms with E-state index in [1.54, 1.807) is 30.3 Å². The molecule has 1 saturated heterocycles. The largest absolute Gasteiger partial charge is 0.416 e. The van der Waals surface area contributed by atoms with Gasteiger partial charge in [-0.3, -0.25) is 33.9 Å². The number of nitro groups is 1. The summed E-state index contributed by atoms with van der Waals surface area (Å²) in [6.45, 7) is -0.541. The van der Waals surface area contributed by atoms with E-state index in [2.05, 4.69) is 5.32 Å². The normalized spacial score (nSPS) is 19.4. The number of carbonyl (C=O) groups is 3. The summed E-state index contributed by atoms with van der Waals surface area (Å²) in [5, 5.41) is 12.8. The second kappa shape index (κ2) is 11.1. The van der Waals surface area contributed by atoms with Gasteiger partial charge in [0.05, 0.1) is 27.1 Å². The summed E-state index contributed by atoms with van der Waals surface area (Å²) < 4.78 is 40.6. The first-order chi connectivity index (χ1) is 20.9. The molecule has 10 nitrogen and oxygen atoms in total. The Kier molecular flexibility index (Phi) is 7.37. The van der Waals surface area contributed by atoms with Gasteiger partial charge in [0.25, 0.3) is 5.69 Å². The van der Waals surface area contributed by atoms with Gasteiger partial charge in [-0.25, -0.2) is 4.90 Å². The van der Waals surface area contributed by atoms with Crippen LogP contribution in [-0.4, -0.2) is 32.5 Å². The molecular formula is C29H19F3N4O6S2. The third-order valence-electron chi connectivity index (χ3n) is 7.30. The predicted octanol–water partition coefficient (Wildman–Crippen LogP) is 5.27. The molecule has 0 aliphatic carbocycles. The van der Waals surface area contributed by atoms with Gasteiger partial charge in [0, 0.05) is 28.6 Å². The summed E-state index contributed by atoms with van der Waals surface area (Å²) in [7, 11) is 0. The summed E-state index contributed by atoms with van der Waals surface area (Å²) in [6, 6.07) is 17.9. The fourth-order valence-electron chi connectivity index (χ4n) is 5.37. The van der Waals surface area contributed by atoms with Gasteiger partial charge in [-0.2, -0.15) is 13.2 Å². The molecule has 1 aromatic heterocycles. The fourth-order valence-corrected chi connectivity index (χ4v) is 8.14. The van der Waals surface area contributed by atoms with Crippen LogP contribution in [0.3, 0.4) is 0 Å². The molecule has 3 amide bonds. The number of aromatic nitrogens is 1. The van der Waals surface area contributed by atoms with Crippen molar-refractivity contribution in [2.45, 2.75) is 28.9 Å². The topological polar surface area (TPSA) is 132 Å². The van der Waals surface area contributed by atoms with Gasteiger partial charge in [-0.1, -0.05) is 59.5 Å². The van der Waals surface area contributed by atoms with Crippen LogP contribution < -0.4 is 15.1 Å². The zero-order chi connectivity index (χ0) is 31.3. The molecule has 0 spiro atoms. The number of benzene rings is 3. The average molecular weight is 641 g/mol. The van der Waals surface area contributed by atoms with E-state index in [4.69, 9.17) is 0 Å². The minimum atomic E-state index is -4.61. The van der Waals surface area contributed by atoms with E-state index in [1.807, 2.05) is 0 Å². The number of non-ortho nitro benzene ring substituents is 1. The SMILES string of the molecule is O=C(Cn1c2c(sc1=O)[C@@H](c1ccccc1)[C@@H]1C(=O)N(c3ccc([N+](=O)[O-])cc3)C(=O)[C@@H]1S2)Nc1cccc(C(F)(F)F)c1. The number of nitro benzene ring substituents is 1. The summed E-state index contributed by atoms with van der Waals surface area (Å²) >= 11 is 1.80. The number of anilines is 2. The summed E-state index contributed by atoms with van der Waals surface area (Å²) in [4.78, 5) is 65.2. The van der Waals surface area contributed by atoms with Gasteiger partial charge in [0.1, 0.15) is 11.8 Å². The molecule has 0 bridgehead atoms. The molecule has 6 rings (SSSR count). The van der Waals surface area contributed by atoms with Crippen molar-refractivity contribution in [3.05, 3.63) is 115 Å². The van der Waals surface area contributed by atoms with E-state index in [9.17, 15) is 42.5 Å². The molecule has 3 atom stereocenters. The Hall–Kier alpha value is -4.76. The van der Waals surface area contributed by atoms with E-state index >= 15 is 0 Å². The van der Waals surface area contributed by atoms with Crippen molar-refractivity contribution in [3.8, 4) is 0 Å². The molecule has 3 heterocycles. The molecule has 44 heavy (non-hydrogen) atoms. The van der Waals surface area contributed by atoms with Crippen LogP contribution in [-0.2, 0) is 27.1 Å². The summed E-state index contributed by atoms with van der Waals surface area (Å²) in [6.07, 6.45) is -4.61. The van der Waals surface area contributed by atoms with Crippen LogP contribution >= 0.6 is 23.1 Å². The van der Waals surface area contributed by atoms with Crippen molar-refractivity contribution >= 4 is 57.9 Å². The Morgan fingerprint density at radius 3 is 2.32 bits per heavy atom. The number of hydrogen-bond donors (Lipinski definition) is 1. The number of imide groups is 1. The maximum atomic E-state index is 13.9. The second-order valence-corrected chi connectivity index (χ2v) is 12.1. The molecule has 224 valence electrons. The fraction of sp³-hybridized carbons (Fsp3) is 0.172. The van der Waals surface area contributed by atoms with Gasteiger partial charge in [-0.15, -0.1) is 0 Å². The van der Waals surface area contributed by atoms with E-state index in [0.29, 0.717) is 15.5 Å². The Balaban J connectivity index is 1.36. The van der Waals surface area contributed by atoms with Crippen molar-refractivity contribution in [2.24, 2.45) is 5.92 Å². The van der Waals surface area contributed by atoms with E-state index in [0.717, 1.165) is 50.8 Å². The predicted molar refractivity (Wildman–Crippen MR) is 156 cm³/mol. The number of halogens is 3. The Bertz CT molecular complexity index is 1870. The van der Waals surface area contributed by atoms with Crippen LogP contribution in [0.2, 0.25) is 0 Å². The Morgan fingerprint density at radius 2 is 1.66 bits per heavy atom. The zero-order valence-corrected chi connectivity index (χ0v) is 23.8. The molecule has 1 fully saturated rings. The maximum absolute atomic E-state index is 13.9. The maximum Gasteiger partial charge on any atom is 0.416 e. The number of nitrogens with one attached hydrogen (secondary N) is 1. The highest BCUT2D eigenvalue weighted by atomic mass is 32.2. The standard InChI is InChI=1S/C29H19F3N4O6S2/c30-29(31,32)16-7-4-8-17(13-16)33-20(37)14-34-27-24(44-28(34)40)21(15-5-2-1-3-6-15)22-23(43-27)26(39)35(25(22)38)18-9-11-19(12-10-18)36(41)42/h1-13,21-23H,14H2,(H,33,37)/t21-,22-,23+/m0/s1. The molecule has 0 unspecified atom stereocenters. The van der Waals surface area contributed by atoms with Crippen molar-refractivity contribution < 1.29 is 32.5 Å². The lowest BCUT2D eigenvalue weighted by molar-refractivity contribution is -0.384. The molecular weight excluding hydrogens is 621 g/mol. The van der Waals surface area contributed by atoms with Crippen molar-refractivity contribution in [2.75, 3.05) is 10.2 Å². The molecule has 4 aromatic rings. The Labute approximate surface area is 254 Å². The molecule has 2 aliphatic heterocycles. The van der Waals surface area contributed by atoms with Crippen LogP contribution in [0.25, 0.3) is 0 Å². The van der Waals surface area contributed by atoms with Gasteiger partial charge >= 0.3 is 11.0 Å². The van der Waals surface area contributed by atoms with Gasteiger partial charge in [-0.05, 0) is 35.9 Å². The second-order valence-electron chi connectivity index (χ2n) is 9.99. The molecule has 15 heteroatoms. The molecule has 2 aliphatic rings. The lowest BCUT2D eigenvalue weighted by Crippen LogP contribution is -2.33. The van der Waals surface area contributed by atoms with Gasteiger partial charge in [0.2, 0.25) is 17.7 Å². The molecule has 1 N–H and O–H groups in total. The third-order valence-corrected chi connectivity index (χ3v) is 9.91. The van der Waals surface area contributed by atoms with Crippen molar-refractivity contribution in [1.29, 1.82) is 0 Å². The third kappa shape index (κ3) is 5.17. The van der Waals surface area contributed by atoms with Crippen molar-refractivity contribution in [3.63, 3.8) is 0 Å². The smallest absolute Gasteiger partial charge is 0.325 e. The van der Waals surface area contributed by atoms with E-state index in [-0.39, 0.29) is 17.1 Å². The number of hydrogen-bond acceptors (Lipinski definition) is 8. The highest BCUT2D eigenvalue weighted by molar-refractivity contribution is 8.00. The number of rotatable bonds is 6. The van der Waals surface area contributed by atoms with Crippen LogP contribution in [0.4, 0.5) is 30.2 Å². The minimum Gasteiger partial charge on any atom is -0.325 e. The van der Waals surface area contributed by atoms with Gasteiger partial charge < -0.3 is 5.32 Å². The molecule has 0 saturated carbocycles. The number of nitrogens with zero attached hydrogens (tertiary/aromatic N) is 3. The van der Waals surface area contributed by atoms with E-state index < -0.39 is 62.9 Å². The number of carbonyl (C=O) groups excluding carboxylic acids is 3. The lowest BCUT2D eigenvalue weighted by Gasteiger charge is -2.30. The first kappa shape index (κ1) is 29.3. The number of fused-ring (bicyclic) bond motifs is 2.